The zero-order valence-corrected chi connectivity index (χ0v) is 23.4. The van der Waals surface area contributed by atoms with Gasteiger partial charge in [-0.25, -0.2) is 0 Å². The Labute approximate surface area is 247 Å². The van der Waals surface area contributed by atoms with Crippen molar-refractivity contribution in [1.82, 2.24) is 9.13 Å². The predicted octanol–water partition coefficient (Wildman–Crippen LogP) is 10.7. The van der Waals surface area contributed by atoms with Crippen LogP contribution < -0.4 is 0 Å². The Hall–Kier alpha value is -5.54. The number of benzene rings is 6. The second kappa shape index (κ2) is 8.50. The zero-order chi connectivity index (χ0) is 28.1. The second-order valence-electron chi connectivity index (χ2n) is 11.7. The molecule has 0 bridgehead atoms. The Bertz CT molecular complexity index is 2620. The van der Waals surface area contributed by atoms with Crippen molar-refractivity contribution >= 4 is 71.5 Å². The van der Waals surface area contributed by atoms with E-state index in [1.807, 2.05) is 12.1 Å². The third-order valence-electron chi connectivity index (χ3n) is 9.35. The molecule has 0 radical (unpaired) electrons. The molecule has 1 aliphatic rings. The SMILES string of the molecule is C1=Cc2c(n(-c3ccc4ccccc4c3)c3cc4c(cc23)c2ccccc2n4-c2ccc3c(c2)oc2ccccc23)CC1. The molecule has 202 valence electrons. The average molecular weight is 551 g/mol. The van der Waals surface area contributed by atoms with Gasteiger partial charge in [0.25, 0.3) is 0 Å². The van der Waals surface area contributed by atoms with E-state index in [1.165, 1.54) is 60.4 Å². The van der Waals surface area contributed by atoms with Crippen molar-refractivity contribution in [1.29, 1.82) is 0 Å². The van der Waals surface area contributed by atoms with E-state index in [-0.39, 0.29) is 0 Å². The molecule has 3 heteroatoms. The van der Waals surface area contributed by atoms with Gasteiger partial charge in [-0.3, -0.25) is 0 Å². The van der Waals surface area contributed by atoms with Crippen LogP contribution in [0.25, 0.3) is 82.9 Å². The quantitative estimate of drug-likeness (QED) is 0.210. The molecule has 0 amide bonds. The summed E-state index contributed by atoms with van der Waals surface area (Å²) in [5.41, 5.74) is 10.5. The van der Waals surface area contributed by atoms with Crippen molar-refractivity contribution in [3.8, 4) is 11.4 Å². The molecule has 3 nitrogen and oxygen atoms in total. The van der Waals surface area contributed by atoms with Gasteiger partial charge in [-0.2, -0.15) is 0 Å². The van der Waals surface area contributed by atoms with E-state index in [2.05, 4.69) is 130 Å². The Morgan fingerprint density at radius 1 is 0.488 bits per heavy atom. The van der Waals surface area contributed by atoms with Crippen LogP contribution in [0.15, 0.2) is 132 Å². The molecule has 3 aromatic heterocycles. The summed E-state index contributed by atoms with van der Waals surface area (Å²) in [5.74, 6) is 0. The van der Waals surface area contributed by atoms with Gasteiger partial charge in [-0.1, -0.05) is 78.9 Å². The highest BCUT2D eigenvalue weighted by Gasteiger charge is 2.22. The first kappa shape index (κ1) is 23.1. The summed E-state index contributed by atoms with van der Waals surface area (Å²) in [5, 5.41) is 8.66. The molecule has 0 unspecified atom stereocenters. The maximum Gasteiger partial charge on any atom is 0.137 e. The number of furan rings is 1. The number of nitrogens with zero attached hydrogens (tertiary/aromatic N) is 2. The maximum absolute atomic E-state index is 6.33. The third-order valence-corrected chi connectivity index (χ3v) is 9.35. The van der Waals surface area contributed by atoms with Crippen LogP contribution in [-0.4, -0.2) is 9.13 Å². The number of fused-ring (bicyclic) bond motifs is 10. The highest BCUT2D eigenvalue weighted by molar-refractivity contribution is 6.15. The molecule has 1 aliphatic carbocycles. The molecule has 0 spiro atoms. The maximum atomic E-state index is 6.33. The lowest BCUT2D eigenvalue weighted by Gasteiger charge is -2.14. The van der Waals surface area contributed by atoms with Crippen LogP contribution in [0.2, 0.25) is 0 Å². The first-order valence-corrected chi connectivity index (χ1v) is 15.0. The first-order valence-electron chi connectivity index (χ1n) is 15.0. The summed E-state index contributed by atoms with van der Waals surface area (Å²) in [6, 6.07) is 44.0. The van der Waals surface area contributed by atoms with E-state index in [1.54, 1.807) is 0 Å². The van der Waals surface area contributed by atoms with Gasteiger partial charge >= 0.3 is 0 Å². The Balaban J connectivity index is 1.31. The van der Waals surface area contributed by atoms with Gasteiger partial charge in [0.05, 0.1) is 16.6 Å². The molecule has 0 fully saturated rings. The molecule has 0 N–H and O–H groups in total. The van der Waals surface area contributed by atoms with Crippen LogP contribution >= 0.6 is 0 Å². The second-order valence-corrected chi connectivity index (χ2v) is 11.7. The monoisotopic (exact) mass is 550 g/mol. The highest BCUT2D eigenvalue weighted by Crippen LogP contribution is 2.41. The Kier molecular flexibility index (Phi) is 4.56. The minimum atomic E-state index is 0.908. The normalized spacial score (nSPS) is 13.3. The van der Waals surface area contributed by atoms with Gasteiger partial charge in [0, 0.05) is 55.6 Å². The van der Waals surface area contributed by atoms with Gasteiger partial charge in [0.2, 0.25) is 0 Å². The van der Waals surface area contributed by atoms with Crippen LogP contribution in [0, 0.1) is 0 Å². The van der Waals surface area contributed by atoms with E-state index < -0.39 is 0 Å². The van der Waals surface area contributed by atoms with Crippen LogP contribution in [0.3, 0.4) is 0 Å². The van der Waals surface area contributed by atoms with Crippen molar-refractivity contribution in [2.24, 2.45) is 0 Å². The van der Waals surface area contributed by atoms with Gasteiger partial charge in [0.1, 0.15) is 11.2 Å². The summed E-state index contributed by atoms with van der Waals surface area (Å²) in [6.45, 7) is 0. The minimum Gasteiger partial charge on any atom is -0.456 e. The fourth-order valence-electron chi connectivity index (χ4n) is 7.42. The molecule has 0 saturated carbocycles. The fraction of sp³-hybridized carbons (Fsp3) is 0.0500. The molecule has 0 saturated heterocycles. The molecule has 9 aromatic rings. The number of hydrogen-bond donors (Lipinski definition) is 0. The van der Waals surface area contributed by atoms with Crippen molar-refractivity contribution in [2.45, 2.75) is 12.8 Å². The molecule has 3 heterocycles. The van der Waals surface area contributed by atoms with Gasteiger partial charge < -0.3 is 13.6 Å². The smallest absolute Gasteiger partial charge is 0.137 e. The number of rotatable bonds is 2. The van der Waals surface area contributed by atoms with Crippen molar-refractivity contribution in [3.05, 3.63) is 139 Å². The van der Waals surface area contributed by atoms with E-state index in [0.29, 0.717) is 0 Å². The van der Waals surface area contributed by atoms with Gasteiger partial charge in [-0.05, 0) is 72.1 Å². The summed E-state index contributed by atoms with van der Waals surface area (Å²) >= 11 is 0. The molecular formula is C40H26N2O. The molecule has 0 aliphatic heterocycles. The van der Waals surface area contributed by atoms with Gasteiger partial charge in [-0.15, -0.1) is 0 Å². The summed E-state index contributed by atoms with van der Waals surface area (Å²) in [4.78, 5) is 0. The topological polar surface area (TPSA) is 23.0 Å². The lowest BCUT2D eigenvalue weighted by molar-refractivity contribution is 0.668. The number of allylic oxidation sites excluding steroid dienone is 1. The van der Waals surface area contributed by atoms with Crippen molar-refractivity contribution in [2.75, 3.05) is 0 Å². The minimum absolute atomic E-state index is 0.908. The lowest BCUT2D eigenvalue weighted by atomic mass is 10.0. The van der Waals surface area contributed by atoms with E-state index in [9.17, 15) is 0 Å². The number of hydrogen-bond acceptors (Lipinski definition) is 1. The largest absolute Gasteiger partial charge is 0.456 e. The first-order chi connectivity index (χ1) is 21.3. The zero-order valence-electron chi connectivity index (χ0n) is 23.4. The van der Waals surface area contributed by atoms with Crippen LogP contribution in [-0.2, 0) is 6.42 Å². The molecular weight excluding hydrogens is 524 g/mol. The molecule has 10 rings (SSSR count). The fourth-order valence-corrected chi connectivity index (χ4v) is 7.42. The van der Waals surface area contributed by atoms with Crippen LogP contribution in [0.4, 0.5) is 0 Å². The Morgan fingerprint density at radius 2 is 1.23 bits per heavy atom. The van der Waals surface area contributed by atoms with E-state index >= 15 is 0 Å². The highest BCUT2D eigenvalue weighted by atomic mass is 16.3. The lowest BCUT2D eigenvalue weighted by Crippen LogP contribution is -2.03. The predicted molar refractivity (Wildman–Crippen MR) is 180 cm³/mol. The number of aromatic nitrogens is 2. The Morgan fingerprint density at radius 3 is 2.19 bits per heavy atom. The summed E-state index contributed by atoms with van der Waals surface area (Å²) in [6.07, 6.45) is 6.74. The standard InChI is InChI=1S/C40H26N2O/c1-2-10-26-21-27(18-17-25(26)9-1)41-35-14-6-3-11-29(35)33-23-34-30-12-4-7-15-36(30)42(38(34)24-37(33)41)28-19-20-32-31-13-5-8-16-39(31)43-40(32)22-28/h1-5,7-13,15-24H,6,14H2. The van der Waals surface area contributed by atoms with Gasteiger partial charge in [0.15, 0.2) is 0 Å². The van der Waals surface area contributed by atoms with E-state index in [0.717, 1.165) is 40.5 Å². The van der Waals surface area contributed by atoms with Crippen LogP contribution in [0.5, 0.6) is 0 Å². The van der Waals surface area contributed by atoms with Crippen LogP contribution in [0.1, 0.15) is 17.7 Å². The van der Waals surface area contributed by atoms with Crippen molar-refractivity contribution < 1.29 is 4.42 Å². The summed E-state index contributed by atoms with van der Waals surface area (Å²) < 4.78 is 11.2. The molecule has 43 heavy (non-hydrogen) atoms. The average Bonchev–Trinajstić information content (AvgIpc) is 3.70. The molecule has 0 atom stereocenters. The van der Waals surface area contributed by atoms with Crippen molar-refractivity contribution in [3.63, 3.8) is 0 Å². The summed E-state index contributed by atoms with van der Waals surface area (Å²) in [7, 11) is 0. The number of para-hydroxylation sites is 2. The molecule has 6 aromatic carbocycles. The third kappa shape index (κ3) is 3.19. The van der Waals surface area contributed by atoms with E-state index in [4.69, 9.17) is 4.42 Å².